The van der Waals surface area contributed by atoms with Gasteiger partial charge in [-0.25, -0.2) is 4.98 Å². The number of thiophene rings is 1. The molecule has 0 unspecified atom stereocenters. The first kappa shape index (κ1) is 35.7. The van der Waals surface area contributed by atoms with Gasteiger partial charge in [0.15, 0.2) is 11.6 Å². The molecule has 3 aromatic heterocycles. The molecular formula is C58H36N4S. The summed E-state index contributed by atoms with van der Waals surface area (Å²) in [7, 11) is 0. The maximum atomic E-state index is 5.33. The zero-order valence-corrected chi connectivity index (χ0v) is 34.8. The predicted octanol–water partition coefficient (Wildman–Crippen LogP) is 14.7. The van der Waals surface area contributed by atoms with Crippen LogP contribution in [0.2, 0.25) is 0 Å². The van der Waals surface area contributed by atoms with E-state index < -0.39 is 5.41 Å². The minimum atomic E-state index is -0.574. The van der Waals surface area contributed by atoms with Crippen LogP contribution in [0.1, 0.15) is 22.3 Å². The van der Waals surface area contributed by atoms with Crippen molar-refractivity contribution >= 4 is 53.3 Å². The van der Waals surface area contributed by atoms with Gasteiger partial charge in [-0.3, -0.25) is 4.57 Å². The van der Waals surface area contributed by atoms with Gasteiger partial charge in [-0.05, 0) is 68.8 Å². The van der Waals surface area contributed by atoms with E-state index in [1.165, 1.54) is 64.7 Å². The molecule has 9 aromatic carbocycles. The maximum Gasteiger partial charge on any atom is 0.238 e. The van der Waals surface area contributed by atoms with Gasteiger partial charge in [0.2, 0.25) is 5.95 Å². The third kappa shape index (κ3) is 5.37. The number of nitrogens with zero attached hydrogens (tertiary/aromatic N) is 4. The minimum absolute atomic E-state index is 0.570. The summed E-state index contributed by atoms with van der Waals surface area (Å²) in [6.07, 6.45) is 0. The first-order valence-corrected chi connectivity index (χ1v) is 22.2. The van der Waals surface area contributed by atoms with E-state index in [0.717, 1.165) is 32.9 Å². The van der Waals surface area contributed by atoms with Crippen LogP contribution in [0, 0.1) is 0 Å². The topological polar surface area (TPSA) is 43.6 Å². The third-order valence-corrected chi connectivity index (χ3v) is 14.2. The van der Waals surface area contributed by atoms with Gasteiger partial charge in [-0.2, -0.15) is 9.97 Å². The van der Waals surface area contributed by atoms with Crippen LogP contribution >= 0.6 is 11.3 Å². The number of hydrogen-bond donors (Lipinski definition) is 0. The summed E-state index contributed by atoms with van der Waals surface area (Å²) in [5.41, 5.74) is 13.2. The van der Waals surface area contributed by atoms with Crippen molar-refractivity contribution in [3.63, 3.8) is 0 Å². The number of hydrogen-bond acceptors (Lipinski definition) is 4. The third-order valence-electron chi connectivity index (χ3n) is 13.0. The molecule has 0 saturated heterocycles. The molecular weight excluding hydrogens is 785 g/mol. The van der Waals surface area contributed by atoms with Gasteiger partial charge in [0, 0.05) is 42.1 Å². The fourth-order valence-electron chi connectivity index (χ4n) is 10.2. The van der Waals surface area contributed by atoms with Gasteiger partial charge >= 0.3 is 0 Å². The van der Waals surface area contributed by atoms with Crippen LogP contribution < -0.4 is 0 Å². The number of aromatic nitrogens is 4. The molecule has 13 rings (SSSR count). The lowest BCUT2D eigenvalue weighted by Gasteiger charge is -2.34. The summed E-state index contributed by atoms with van der Waals surface area (Å²) in [6, 6.07) is 78.7. The summed E-state index contributed by atoms with van der Waals surface area (Å²) in [5.74, 6) is 1.82. The second kappa shape index (κ2) is 14.0. The second-order valence-corrected chi connectivity index (χ2v) is 17.4. The Morgan fingerprint density at radius 3 is 1.65 bits per heavy atom. The highest BCUT2D eigenvalue weighted by Crippen LogP contribution is 2.56. The average Bonchev–Trinajstić information content (AvgIpc) is 4.01. The first-order valence-electron chi connectivity index (χ1n) is 21.4. The minimum Gasteiger partial charge on any atom is -0.278 e. The van der Waals surface area contributed by atoms with Crippen molar-refractivity contribution in [1.82, 2.24) is 19.5 Å². The number of fused-ring (bicyclic) bond motifs is 9. The Morgan fingerprint density at radius 2 is 0.952 bits per heavy atom. The van der Waals surface area contributed by atoms with E-state index in [2.05, 4.69) is 187 Å². The standard InChI is InChI=1S/C58H36N4S/c1-4-17-37(18-5-1)55-59-56(38-19-6-2-7-20-38)61-57(60-55)62-51-34-31-39(42-26-16-27-47-46-25-12-15-30-53(46)63-54(42)47)35-48(51)45-33-32-41(36-52(45)62)58(40-21-8-3-9-22-40)49-28-13-10-23-43(49)44-24-11-14-29-50(44)58/h1-36H. The molecule has 0 amide bonds. The predicted molar refractivity (Wildman–Crippen MR) is 261 cm³/mol. The Bertz CT molecular complexity index is 3640. The van der Waals surface area contributed by atoms with Crippen LogP contribution in [0.4, 0.5) is 0 Å². The van der Waals surface area contributed by atoms with Gasteiger partial charge in [0.25, 0.3) is 0 Å². The maximum absolute atomic E-state index is 5.33. The van der Waals surface area contributed by atoms with E-state index in [0.29, 0.717) is 17.6 Å². The summed E-state index contributed by atoms with van der Waals surface area (Å²) >= 11 is 1.86. The van der Waals surface area contributed by atoms with Gasteiger partial charge in [-0.15, -0.1) is 11.3 Å². The summed E-state index contributed by atoms with van der Waals surface area (Å²) in [5, 5.41) is 4.85. The van der Waals surface area contributed by atoms with Crippen LogP contribution in [0.5, 0.6) is 0 Å². The fourth-order valence-corrected chi connectivity index (χ4v) is 11.5. The van der Waals surface area contributed by atoms with E-state index in [1.54, 1.807) is 0 Å². The monoisotopic (exact) mass is 820 g/mol. The molecule has 0 atom stereocenters. The van der Waals surface area contributed by atoms with Gasteiger partial charge in [0.1, 0.15) is 0 Å². The Labute approximate surface area is 368 Å². The highest BCUT2D eigenvalue weighted by molar-refractivity contribution is 7.26. The van der Waals surface area contributed by atoms with Gasteiger partial charge < -0.3 is 0 Å². The molecule has 0 N–H and O–H groups in total. The van der Waals surface area contributed by atoms with Crippen molar-refractivity contribution in [2.24, 2.45) is 0 Å². The number of benzene rings is 9. The molecule has 0 spiro atoms. The van der Waals surface area contributed by atoms with Crippen molar-refractivity contribution in [1.29, 1.82) is 0 Å². The van der Waals surface area contributed by atoms with Crippen molar-refractivity contribution in [3.05, 3.63) is 241 Å². The molecule has 1 aliphatic carbocycles. The van der Waals surface area contributed by atoms with E-state index in [1.807, 2.05) is 47.7 Å². The first-order chi connectivity index (χ1) is 31.2. The van der Waals surface area contributed by atoms with Crippen molar-refractivity contribution in [2.75, 3.05) is 0 Å². The molecule has 0 aliphatic heterocycles. The van der Waals surface area contributed by atoms with E-state index in [9.17, 15) is 0 Å². The van der Waals surface area contributed by atoms with Crippen molar-refractivity contribution in [3.8, 4) is 51.0 Å². The molecule has 0 radical (unpaired) electrons. The highest BCUT2D eigenvalue weighted by atomic mass is 32.1. The number of rotatable bonds is 6. The highest BCUT2D eigenvalue weighted by Gasteiger charge is 2.46. The summed E-state index contributed by atoms with van der Waals surface area (Å²) < 4.78 is 4.86. The second-order valence-electron chi connectivity index (χ2n) is 16.3. The Kier molecular flexibility index (Phi) is 7.96. The van der Waals surface area contributed by atoms with Crippen molar-refractivity contribution < 1.29 is 0 Å². The van der Waals surface area contributed by atoms with E-state index in [4.69, 9.17) is 15.0 Å². The molecule has 4 nitrogen and oxygen atoms in total. The quantitative estimate of drug-likeness (QED) is 0.168. The Morgan fingerprint density at radius 1 is 0.365 bits per heavy atom. The Balaban J connectivity index is 1.13. The van der Waals surface area contributed by atoms with Gasteiger partial charge in [0.05, 0.1) is 16.4 Å². The zero-order valence-electron chi connectivity index (χ0n) is 34.0. The normalized spacial score (nSPS) is 12.9. The van der Waals surface area contributed by atoms with Crippen molar-refractivity contribution in [2.45, 2.75) is 5.41 Å². The molecule has 0 fully saturated rings. The lowest BCUT2D eigenvalue weighted by molar-refractivity contribution is 0.769. The molecule has 3 heterocycles. The SMILES string of the molecule is c1ccc(-c2nc(-c3ccccc3)nc(-n3c4ccc(-c5cccc6c5sc5ccccc56)cc4c4ccc(C5(c6ccccc6)c6ccccc6-c6ccccc65)cc43)n2)cc1. The lowest BCUT2D eigenvalue weighted by Crippen LogP contribution is -2.28. The molecule has 5 heteroatoms. The average molecular weight is 821 g/mol. The zero-order chi connectivity index (χ0) is 41.5. The smallest absolute Gasteiger partial charge is 0.238 e. The summed E-state index contributed by atoms with van der Waals surface area (Å²) in [4.78, 5) is 15.8. The molecule has 294 valence electrons. The van der Waals surface area contributed by atoms with Crippen LogP contribution in [-0.2, 0) is 5.41 Å². The molecule has 0 saturated carbocycles. The van der Waals surface area contributed by atoms with Crippen LogP contribution in [0.25, 0.3) is 93.0 Å². The van der Waals surface area contributed by atoms with E-state index >= 15 is 0 Å². The van der Waals surface area contributed by atoms with Crippen LogP contribution in [0.15, 0.2) is 218 Å². The molecule has 63 heavy (non-hydrogen) atoms. The largest absolute Gasteiger partial charge is 0.278 e. The fraction of sp³-hybridized carbons (Fsp3) is 0.0172. The Hall–Kier alpha value is -7.99. The van der Waals surface area contributed by atoms with Gasteiger partial charge in [-0.1, -0.05) is 194 Å². The van der Waals surface area contributed by atoms with E-state index in [-0.39, 0.29) is 0 Å². The van der Waals surface area contributed by atoms with Crippen LogP contribution in [0.3, 0.4) is 0 Å². The lowest BCUT2D eigenvalue weighted by atomic mass is 9.67. The van der Waals surface area contributed by atoms with Crippen LogP contribution in [-0.4, -0.2) is 19.5 Å². The molecule has 12 aromatic rings. The molecule has 0 bridgehead atoms. The molecule has 1 aliphatic rings. The summed E-state index contributed by atoms with van der Waals surface area (Å²) in [6.45, 7) is 0.